The Bertz CT molecular complexity index is 688. The molecule has 0 spiro atoms. The Balaban J connectivity index is 1.84. The molecule has 0 aliphatic carbocycles. The topological polar surface area (TPSA) is 68.8 Å². The summed E-state index contributed by atoms with van der Waals surface area (Å²) in [4.78, 5) is 11.9. The van der Waals surface area contributed by atoms with Crippen molar-refractivity contribution in [1.82, 2.24) is 5.32 Å². The maximum atomic E-state index is 11.9. The van der Waals surface area contributed by atoms with Gasteiger partial charge in [-0.15, -0.1) is 0 Å². The summed E-state index contributed by atoms with van der Waals surface area (Å²) in [6.07, 6.45) is 0.686. The lowest BCUT2D eigenvalue weighted by molar-refractivity contribution is 0.252. The highest BCUT2D eigenvalue weighted by atomic mass is 16.5. The highest BCUT2D eigenvalue weighted by Crippen LogP contribution is 2.27. The molecule has 0 unspecified atom stereocenters. The van der Waals surface area contributed by atoms with Crippen LogP contribution in [0.4, 0.5) is 10.5 Å². The summed E-state index contributed by atoms with van der Waals surface area (Å²) in [5, 5.41) is 5.59. The van der Waals surface area contributed by atoms with E-state index in [0.29, 0.717) is 35.9 Å². The zero-order valence-corrected chi connectivity index (χ0v) is 14.1. The van der Waals surface area contributed by atoms with Crippen LogP contribution in [0.15, 0.2) is 42.5 Å². The van der Waals surface area contributed by atoms with E-state index in [1.807, 2.05) is 30.3 Å². The van der Waals surface area contributed by atoms with Gasteiger partial charge in [0.2, 0.25) is 0 Å². The molecule has 0 aliphatic heterocycles. The number of anilines is 1. The standard InChI is InChI=1S/C18H22N2O4/c1-22-15-6-4-5-14(12-15)20-18(21)19-10-9-13-7-8-16(23-2)17(11-13)24-3/h4-8,11-12H,9-10H2,1-3H3,(H2,19,20,21). The number of rotatable bonds is 7. The number of amides is 2. The summed E-state index contributed by atoms with van der Waals surface area (Å²) in [7, 11) is 4.78. The number of hydrogen-bond donors (Lipinski definition) is 2. The van der Waals surface area contributed by atoms with Crippen molar-refractivity contribution in [3.8, 4) is 17.2 Å². The Kier molecular flexibility index (Phi) is 6.31. The van der Waals surface area contributed by atoms with Crippen LogP contribution < -0.4 is 24.8 Å². The van der Waals surface area contributed by atoms with E-state index in [2.05, 4.69) is 10.6 Å². The smallest absolute Gasteiger partial charge is 0.319 e. The number of nitrogens with one attached hydrogen (secondary N) is 2. The first-order valence-electron chi connectivity index (χ1n) is 7.56. The molecule has 2 aromatic rings. The number of hydrogen-bond acceptors (Lipinski definition) is 4. The molecule has 2 rings (SSSR count). The number of carbonyl (C=O) groups excluding carboxylic acids is 1. The number of benzene rings is 2. The van der Waals surface area contributed by atoms with Gasteiger partial charge >= 0.3 is 6.03 Å². The van der Waals surface area contributed by atoms with E-state index < -0.39 is 0 Å². The fraction of sp³-hybridized carbons (Fsp3) is 0.278. The van der Waals surface area contributed by atoms with Crippen LogP contribution in [0.3, 0.4) is 0 Å². The minimum absolute atomic E-state index is 0.260. The lowest BCUT2D eigenvalue weighted by Crippen LogP contribution is -2.30. The van der Waals surface area contributed by atoms with Crippen LogP contribution in [0, 0.1) is 0 Å². The first-order valence-corrected chi connectivity index (χ1v) is 7.56. The molecule has 0 aliphatic rings. The van der Waals surface area contributed by atoms with Gasteiger partial charge in [-0.3, -0.25) is 0 Å². The minimum Gasteiger partial charge on any atom is -0.497 e. The van der Waals surface area contributed by atoms with Gasteiger partial charge in [0.1, 0.15) is 5.75 Å². The molecule has 0 radical (unpaired) electrons. The zero-order chi connectivity index (χ0) is 17.4. The van der Waals surface area contributed by atoms with Gasteiger partial charge in [-0.05, 0) is 36.2 Å². The molecule has 0 atom stereocenters. The largest absolute Gasteiger partial charge is 0.497 e. The quantitative estimate of drug-likeness (QED) is 0.818. The predicted molar refractivity (Wildman–Crippen MR) is 93.3 cm³/mol. The van der Waals surface area contributed by atoms with Crippen molar-refractivity contribution >= 4 is 11.7 Å². The molecule has 0 aromatic heterocycles. The van der Waals surface area contributed by atoms with E-state index in [4.69, 9.17) is 14.2 Å². The summed E-state index contributed by atoms with van der Waals surface area (Å²) in [6.45, 7) is 0.505. The average Bonchev–Trinajstić information content (AvgIpc) is 2.61. The fourth-order valence-electron chi connectivity index (χ4n) is 2.23. The molecule has 2 amide bonds. The van der Waals surface area contributed by atoms with Crippen LogP contribution in [-0.4, -0.2) is 33.9 Å². The van der Waals surface area contributed by atoms with Crippen LogP contribution >= 0.6 is 0 Å². The van der Waals surface area contributed by atoms with Crippen molar-refractivity contribution < 1.29 is 19.0 Å². The Morgan fingerprint density at radius 1 is 0.958 bits per heavy atom. The Morgan fingerprint density at radius 3 is 2.46 bits per heavy atom. The zero-order valence-electron chi connectivity index (χ0n) is 14.1. The molecule has 128 valence electrons. The summed E-state index contributed by atoms with van der Waals surface area (Å²) in [6, 6.07) is 12.6. The first kappa shape index (κ1) is 17.5. The van der Waals surface area contributed by atoms with Crippen LogP contribution in [0.25, 0.3) is 0 Å². The van der Waals surface area contributed by atoms with E-state index in [1.54, 1.807) is 33.5 Å². The van der Waals surface area contributed by atoms with Crippen molar-refractivity contribution in [3.63, 3.8) is 0 Å². The minimum atomic E-state index is -0.260. The van der Waals surface area contributed by atoms with E-state index >= 15 is 0 Å². The van der Waals surface area contributed by atoms with Gasteiger partial charge in [0.05, 0.1) is 21.3 Å². The van der Waals surface area contributed by atoms with Gasteiger partial charge in [0.15, 0.2) is 11.5 Å². The van der Waals surface area contributed by atoms with Crippen LogP contribution in [0.1, 0.15) is 5.56 Å². The molecular weight excluding hydrogens is 308 g/mol. The predicted octanol–water partition coefficient (Wildman–Crippen LogP) is 3.08. The van der Waals surface area contributed by atoms with Gasteiger partial charge in [-0.25, -0.2) is 4.79 Å². The third-order valence-electron chi connectivity index (χ3n) is 3.47. The summed E-state index contributed by atoms with van der Waals surface area (Å²) in [5.74, 6) is 2.05. The van der Waals surface area contributed by atoms with Gasteiger partial charge in [0, 0.05) is 18.3 Å². The number of ether oxygens (including phenoxy) is 3. The van der Waals surface area contributed by atoms with E-state index in [-0.39, 0.29) is 6.03 Å². The van der Waals surface area contributed by atoms with Crippen molar-refractivity contribution in [3.05, 3.63) is 48.0 Å². The van der Waals surface area contributed by atoms with E-state index in [9.17, 15) is 4.79 Å². The van der Waals surface area contributed by atoms with E-state index in [0.717, 1.165) is 5.56 Å². The van der Waals surface area contributed by atoms with Crippen molar-refractivity contribution in [1.29, 1.82) is 0 Å². The third kappa shape index (κ3) is 4.81. The molecule has 0 bridgehead atoms. The molecule has 2 N–H and O–H groups in total. The second-order valence-corrected chi connectivity index (χ2v) is 5.05. The SMILES string of the molecule is COc1cccc(NC(=O)NCCc2ccc(OC)c(OC)c2)c1. The molecule has 0 fully saturated rings. The molecule has 2 aromatic carbocycles. The summed E-state index contributed by atoms with van der Waals surface area (Å²) in [5.41, 5.74) is 1.73. The maximum Gasteiger partial charge on any atom is 0.319 e. The highest BCUT2D eigenvalue weighted by molar-refractivity contribution is 5.89. The van der Waals surface area contributed by atoms with Crippen LogP contribution in [0.2, 0.25) is 0 Å². The molecule has 0 saturated carbocycles. The normalized spacial score (nSPS) is 9.96. The van der Waals surface area contributed by atoms with Crippen molar-refractivity contribution in [2.75, 3.05) is 33.2 Å². The van der Waals surface area contributed by atoms with Crippen LogP contribution in [-0.2, 0) is 6.42 Å². The Hall–Kier alpha value is -2.89. The lowest BCUT2D eigenvalue weighted by Gasteiger charge is -2.11. The monoisotopic (exact) mass is 330 g/mol. The van der Waals surface area contributed by atoms with Gasteiger partial charge < -0.3 is 24.8 Å². The Morgan fingerprint density at radius 2 is 1.75 bits per heavy atom. The maximum absolute atomic E-state index is 11.9. The first-order chi connectivity index (χ1) is 11.7. The van der Waals surface area contributed by atoms with Gasteiger partial charge in [0.25, 0.3) is 0 Å². The lowest BCUT2D eigenvalue weighted by atomic mass is 10.1. The molecule has 6 heteroatoms. The van der Waals surface area contributed by atoms with E-state index in [1.165, 1.54) is 0 Å². The van der Waals surface area contributed by atoms with Crippen molar-refractivity contribution in [2.24, 2.45) is 0 Å². The average molecular weight is 330 g/mol. The third-order valence-corrected chi connectivity index (χ3v) is 3.47. The number of methoxy groups -OCH3 is 3. The molecular formula is C18H22N2O4. The summed E-state index contributed by atoms with van der Waals surface area (Å²) >= 11 is 0. The molecule has 0 heterocycles. The number of carbonyl (C=O) groups is 1. The summed E-state index contributed by atoms with van der Waals surface area (Å²) < 4.78 is 15.6. The fourth-order valence-corrected chi connectivity index (χ4v) is 2.23. The molecule has 6 nitrogen and oxygen atoms in total. The number of urea groups is 1. The molecule has 0 saturated heterocycles. The molecule has 24 heavy (non-hydrogen) atoms. The second kappa shape index (κ2) is 8.67. The van der Waals surface area contributed by atoms with Crippen LogP contribution in [0.5, 0.6) is 17.2 Å². The van der Waals surface area contributed by atoms with Gasteiger partial charge in [-0.1, -0.05) is 12.1 Å². The second-order valence-electron chi connectivity index (χ2n) is 5.05. The van der Waals surface area contributed by atoms with Crippen molar-refractivity contribution in [2.45, 2.75) is 6.42 Å². The van der Waals surface area contributed by atoms with Gasteiger partial charge in [-0.2, -0.15) is 0 Å². The Labute approximate surface area is 141 Å². The highest BCUT2D eigenvalue weighted by Gasteiger charge is 2.06.